The normalized spacial score (nSPS) is 17.5. The first-order valence-corrected chi connectivity index (χ1v) is 8.10. The van der Waals surface area contributed by atoms with Crippen molar-refractivity contribution in [2.45, 2.75) is 26.4 Å². The van der Waals surface area contributed by atoms with Gasteiger partial charge in [0.25, 0.3) is 0 Å². The second-order valence-corrected chi connectivity index (χ2v) is 6.51. The molecule has 1 fully saturated rings. The zero-order valence-electron chi connectivity index (χ0n) is 14.3. The number of hydrogen-bond acceptors (Lipinski definition) is 6. The van der Waals surface area contributed by atoms with E-state index in [1.165, 1.54) is 0 Å². The van der Waals surface area contributed by atoms with Crippen molar-refractivity contribution < 1.29 is 14.3 Å². The lowest BCUT2D eigenvalue weighted by Crippen LogP contribution is -2.49. The maximum Gasteiger partial charge on any atom is 0.407 e. The van der Waals surface area contributed by atoms with Gasteiger partial charge in [0.1, 0.15) is 5.60 Å². The van der Waals surface area contributed by atoms with Gasteiger partial charge < -0.3 is 20.5 Å². The van der Waals surface area contributed by atoms with Crippen LogP contribution in [0.1, 0.15) is 20.8 Å². The second-order valence-electron chi connectivity index (χ2n) is 6.51. The molecule has 1 aliphatic heterocycles. The zero-order valence-corrected chi connectivity index (χ0v) is 14.3. The van der Waals surface area contributed by atoms with Crippen molar-refractivity contribution in [3.05, 3.63) is 0 Å². The van der Waals surface area contributed by atoms with Crippen molar-refractivity contribution in [2.75, 3.05) is 65.6 Å². The lowest BCUT2D eigenvalue weighted by Gasteiger charge is -2.34. The van der Waals surface area contributed by atoms with Crippen LogP contribution < -0.4 is 11.1 Å². The van der Waals surface area contributed by atoms with Crippen molar-refractivity contribution in [1.82, 2.24) is 15.1 Å². The third-order valence-corrected chi connectivity index (χ3v) is 3.38. The predicted molar refractivity (Wildman–Crippen MR) is 87.0 cm³/mol. The minimum absolute atomic E-state index is 0.344. The summed E-state index contributed by atoms with van der Waals surface area (Å²) >= 11 is 0. The van der Waals surface area contributed by atoms with E-state index in [4.69, 9.17) is 15.2 Å². The number of carbonyl (C=O) groups excluding carboxylic acids is 1. The molecular weight excluding hydrogens is 284 g/mol. The molecule has 7 heteroatoms. The Morgan fingerprint density at radius 2 is 1.68 bits per heavy atom. The van der Waals surface area contributed by atoms with Gasteiger partial charge in [0, 0.05) is 52.4 Å². The molecule has 1 amide bonds. The van der Waals surface area contributed by atoms with E-state index in [1.807, 2.05) is 20.8 Å². The molecule has 0 atom stereocenters. The summed E-state index contributed by atoms with van der Waals surface area (Å²) in [5, 5.41) is 2.80. The largest absolute Gasteiger partial charge is 0.444 e. The molecule has 0 saturated carbocycles. The molecule has 0 bridgehead atoms. The van der Waals surface area contributed by atoms with Gasteiger partial charge in [0.05, 0.1) is 13.2 Å². The molecule has 0 aromatic carbocycles. The van der Waals surface area contributed by atoms with Crippen molar-refractivity contribution in [1.29, 1.82) is 0 Å². The first kappa shape index (κ1) is 19.2. The molecule has 0 radical (unpaired) electrons. The van der Waals surface area contributed by atoms with Crippen LogP contribution >= 0.6 is 0 Å². The maximum absolute atomic E-state index is 11.5. The molecule has 1 heterocycles. The Morgan fingerprint density at radius 3 is 2.23 bits per heavy atom. The van der Waals surface area contributed by atoms with E-state index in [1.54, 1.807) is 0 Å². The molecule has 0 spiro atoms. The quantitative estimate of drug-likeness (QED) is 0.619. The van der Waals surface area contributed by atoms with Crippen LogP contribution in [-0.2, 0) is 9.47 Å². The number of nitrogens with two attached hydrogens (primary N) is 1. The number of carbonyl (C=O) groups is 1. The number of amides is 1. The molecule has 7 nitrogen and oxygen atoms in total. The van der Waals surface area contributed by atoms with Crippen molar-refractivity contribution >= 4 is 6.09 Å². The average molecular weight is 316 g/mol. The lowest BCUT2D eigenvalue weighted by atomic mass is 10.2. The van der Waals surface area contributed by atoms with Gasteiger partial charge in [-0.05, 0) is 20.8 Å². The van der Waals surface area contributed by atoms with Gasteiger partial charge in [0.2, 0.25) is 0 Å². The Kier molecular flexibility index (Phi) is 8.70. The van der Waals surface area contributed by atoms with Crippen LogP contribution in [0.25, 0.3) is 0 Å². The topological polar surface area (TPSA) is 80.1 Å². The third-order valence-electron chi connectivity index (χ3n) is 3.38. The Hall–Kier alpha value is -0.890. The Labute approximate surface area is 134 Å². The summed E-state index contributed by atoms with van der Waals surface area (Å²) in [6, 6.07) is 0. The summed E-state index contributed by atoms with van der Waals surface area (Å²) in [6.45, 7) is 14.1. The van der Waals surface area contributed by atoms with Crippen LogP contribution in [0.3, 0.4) is 0 Å². The number of rotatable bonds is 8. The minimum Gasteiger partial charge on any atom is -0.444 e. The van der Waals surface area contributed by atoms with Gasteiger partial charge >= 0.3 is 6.09 Å². The predicted octanol–water partition coefficient (Wildman–Crippen LogP) is 0.104. The molecule has 3 N–H and O–H groups in total. The smallest absolute Gasteiger partial charge is 0.407 e. The van der Waals surface area contributed by atoms with Gasteiger partial charge in [-0.25, -0.2) is 4.79 Å². The summed E-state index contributed by atoms with van der Waals surface area (Å²) in [5.41, 5.74) is 4.94. The van der Waals surface area contributed by atoms with E-state index in [2.05, 4.69) is 15.1 Å². The van der Waals surface area contributed by atoms with E-state index in [9.17, 15) is 4.79 Å². The second kappa shape index (κ2) is 9.99. The molecule has 0 aromatic heterocycles. The molecule has 1 saturated heterocycles. The standard InChI is InChI=1S/C15H32N4O3/c1-15(2,3)22-14(20)17-5-6-18-7-9-19(10-8-18)11-13-21-12-4-16/h4-13,16H2,1-3H3,(H,17,20). The molecule has 0 unspecified atom stereocenters. The first-order chi connectivity index (χ1) is 10.4. The van der Waals surface area contributed by atoms with E-state index >= 15 is 0 Å². The van der Waals surface area contributed by atoms with Crippen LogP contribution in [0, 0.1) is 0 Å². The molecular formula is C15H32N4O3. The highest BCUT2D eigenvalue weighted by atomic mass is 16.6. The molecule has 1 rings (SSSR count). The number of ether oxygens (including phenoxy) is 2. The first-order valence-electron chi connectivity index (χ1n) is 8.10. The average Bonchev–Trinajstić information content (AvgIpc) is 2.43. The highest BCUT2D eigenvalue weighted by molar-refractivity contribution is 5.67. The molecule has 0 aliphatic carbocycles. The summed E-state index contributed by atoms with van der Waals surface area (Å²) in [6.07, 6.45) is -0.344. The van der Waals surface area contributed by atoms with Crippen LogP contribution in [0.4, 0.5) is 4.79 Å². The fraction of sp³-hybridized carbons (Fsp3) is 0.933. The van der Waals surface area contributed by atoms with E-state index in [0.717, 1.165) is 45.9 Å². The number of nitrogens with one attached hydrogen (secondary N) is 1. The van der Waals surface area contributed by atoms with Crippen LogP contribution in [0.15, 0.2) is 0 Å². The van der Waals surface area contributed by atoms with E-state index < -0.39 is 5.60 Å². The summed E-state index contributed by atoms with van der Waals surface area (Å²) in [4.78, 5) is 16.3. The molecule has 130 valence electrons. The van der Waals surface area contributed by atoms with Crippen molar-refractivity contribution in [3.8, 4) is 0 Å². The summed E-state index contributed by atoms with van der Waals surface area (Å²) in [5.74, 6) is 0. The van der Waals surface area contributed by atoms with Gasteiger partial charge in [0.15, 0.2) is 0 Å². The maximum atomic E-state index is 11.5. The van der Waals surface area contributed by atoms with Gasteiger partial charge in [-0.3, -0.25) is 9.80 Å². The van der Waals surface area contributed by atoms with Gasteiger partial charge in [-0.1, -0.05) is 0 Å². The summed E-state index contributed by atoms with van der Waals surface area (Å²) in [7, 11) is 0. The molecule has 0 aromatic rings. The number of nitrogens with zero attached hydrogens (tertiary/aromatic N) is 2. The zero-order chi connectivity index (χ0) is 16.4. The number of alkyl carbamates (subject to hydrolysis) is 1. The van der Waals surface area contributed by atoms with E-state index in [0.29, 0.717) is 19.7 Å². The fourth-order valence-corrected chi connectivity index (χ4v) is 2.25. The number of hydrogen-bond donors (Lipinski definition) is 2. The Balaban J connectivity index is 2.04. The third kappa shape index (κ3) is 9.19. The fourth-order valence-electron chi connectivity index (χ4n) is 2.25. The van der Waals surface area contributed by atoms with Crippen molar-refractivity contribution in [2.24, 2.45) is 5.73 Å². The van der Waals surface area contributed by atoms with Gasteiger partial charge in [-0.2, -0.15) is 0 Å². The molecule has 1 aliphatic rings. The van der Waals surface area contributed by atoms with Crippen LogP contribution in [-0.4, -0.2) is 87.1 Å². The highest BCUT2D eigenvalue weighted by Crippen LogP contribution is 2.06. The van der Waals surface area contributed by atoms with Crippen LogP contribution in [0.5, 0.6) is 0 Å². The Morgan fingerprint density at radius 1 is 1.09 bits per heavy atom. The number of piperazine rings is 1. The van der Waals surface area contributed by atoms with Crippen molar-refractivity contribution in [3.63, 3.8) is 0 Å². The highest BCUT2D eigenvalue weighted by Gasteiger charge is 2.18. The monoisotopic (exact) mass is 316 g/mol. The minimum atomic E-state index is -0.443. The van der Waals surface area contributed by atoms with E-state index in [-0.39, 0.29) is 6.09 Å². The van der Waals surface area contributed by atoms with Crippen LogP contribution in [0.2, 0.25) is 0 Å². The summed E-state index contributed by atoms with van der Waals surface area (Å²) < 4.78 is 10.6. The lowest BCUT2D eigenvalue weighted by molar-refractivity contribution is 0.0509. The molecule has 22 heavy (non-hydrogen) atoms. The SMILES string of the molecule is CC(C)(C)OC(=O)NCCN1CCN(CCOCCN)CC1. The Bertz CT molecular complexity index is 312. The van der Waals surface area contributed by atoms with Gasteiger partial charge in [-0.15, -0.1) is 0 Å².